The third-order valence-electron chi connectivity index (χ3n) is 2.84. The number of hydrogen-bond donors (Lipinski definition) is 1. The summed E-state index contributed by atoms with van der Waals surface area (Å²) in [4.78, 5) is 0. The van der Waals surface area contributed by atoms with Gasteiger partial charge in [-0.2, -0.15) is 0 Å². The Balaban J connectivity index is 1.89. The van der Waals surface area contributed by atoms with Crippen LogP contribution in [0.3, 0.4) is 0 Å². The molecule has 2 nitrogen and oxygen atoms in total. The first-order chi connectivity index (χ1) is 9.16. The van der Waals surface area contributed by atoms with Crippen molar-refractivity contribution >= 4 is 17.0 Å². The number of para-hydroxylation sites is 1. The molecule has 102 valence electrons. The van der Waals surface area contributed by atoms with Crippen molar-refractivity contribution < 1.29 is 8.81 Å². The molecule has 0 fully saturated rings. The summed E-state index contributed by atoms with van der Waals surface area (Å²) in [7, 11) is 0. The molecule has 0 aliphatic rings. The summed E-state index contributed by atoms with van der Waals surface area (Å²) in [6, 6.07) is 6.81. The smallest absolute Gasteiger partial charge is 0.170 e. The van der Waals surface area contributed by atoms with Gasteiger partial charge in [0, 0.05) is 5.39 Å². The van der Waals surface area contributed by atoms with Crippen LogP contribution >= 0.6 is 0 Å². The van der Waals surface area contributed by atoms with Gasteiger partial charge < -0.3 is 9.73 Å². The zero-order valence-corrected chi connectivity index (χ0v) is 11.4. The highest BCUT2D eigenvalue weighted by atomic mass is 19.1. The van der Waals surface area contributed by atoms with Gasteiger partial charge in [0.25, 0.3) is 0 Å². The van der Waals surface area contributed by atoms with E-state index in [0.717, 1.165) is 24.9 Å². The lowest BCUT2D eigenvalue weighted by Gasteiger charge is -2.04. The molecule has 0 unspecified atom stereocenters. The summed E-state index contributed by atoms with van der Waals surface area (Å²) in [5, 5.41) is 4.17. The topological polar surface area (TPSA) is 25.2 Å². The summed E-state index contributed by atoms with van der Waals surface area (Å²) in [5.74, 6) is 1.06. The Labute approximate surface area is 113 Å². The van der Waals surface area contributed by atoms with Gasteiger partial charge in [0.1, 0.15) is 5.76 Å². The van der Waals surface area contributed by atoms with Gasteiger partial charge in [-0.15, -0.1) is 0 Å². The number of hydrogen-bond acceptors (Lipinski definition) is 2. The monoisotopic (exact) mass is 261 g/mol. The Hall–Kier alpha value is -1.61. The van der Waals surface area contributed by atoms with E-state index < -0.39 is 0 Å². The molecule has 0 aliphatic heterocycles. The molecule has 19 heavy (non-hydrogen) atoms. The predicted molar refractivity (Wildman–Crippen MR) is 77.5 cm³/mol. The first-order valence-electron chi connectivity index (χ1n) is 6.72. The molecule has 1 N–H and O–H groups in total. The standard InChI is InChI=1S/C16H20FNO/c1-12(2)11-18-9-4-3-7-14-10-13-6-5-8-15(17)16(13)19-14/h3,5-8,10,12,18H,4,9,11H2,1-2H3/b7-3+. The molecule has 0 amide bonds. The Morgan fingerprint density at radius 2 is 2.21 bits per heavy atom. The maximum atomic E-state index is 13.4. The van der Waals surface area contributed by atoms with Crippen molar-refractivity contribution in [2.75, 3.05) is 13.1 Å². The van der Waals surface area contributed by atoms with Gasteiger partial charge in [-0.25, -0.2) is 4.39 Å². The molecule has 2 rings (SSSR count). The van der Waals surface area contributed by atoms with E-state index in [4.69, 9.17) is 4.42 Å². The fourth-order valence-electron chi connectivity index (χ4n) is 1.91. The summed E-state index contributed by atoms with van der Waals surface area (Å²) in [6.45, 7) is 6.35. The van der Waals surface area contributed by atoms with Crippen LogP contribution < -0.4 is 5.32 Å². The van der Waals surface area contributed by atoms with E-state index in [0.29, 0.717) is 17.3 Å². The molecule has 0 radical (unpaired) electrons. The number of furan rings is 1. The molecule has 0 aliphatic carbocycles. The van der Waals surface area contributed by atoms with Crippen LogP contribution in [0.2, 0.25) is 0 Å². The van der Waals surface area contributed by atoms with E-state index in [-0.39, 0.29) is 5.82 Å². The second-order valence-electron chi connectivity index (χ2n) is 5.10. The van der Waals surface area contributed by atoms with Gasteiger partial charge in [-0.1, -0.05) is 32.1 Å². The largest absolute Gasteiger partial charge is 0.454 e. The molecule has 0 spiro atoms. The lowest BCUT2D eigenvalue weighted by molar-refractivity contribution is 0.552. The quantitative estimate of drug-likeness (QED) is 0.787. The molecule has 0 atom stereocenters. The SMILES string of the molecule is CC(C)CNCC/C=C/c1cc2cccc(F)c2o1. The minimum absolute atomic E-state index is 0.309. The first kappa shape index (κ1) is 13.8. The van der Waals surface area contributed by atoms with Crippen molar-refractivity contribution in [3.8, 4) is 0 Å². The molecule has 1 aromatic carbocycles. The van der Waals surface area contributed by atoms with E-state index in [9.17, 15) is 4.39 Å². The summed E-state index contributed by atoms with van der Waals surface area (Å²) in [5.41, 5.74) is 0.333. The Bertz CT molecular complexity index is 557. The fourth-order valence-corrected chi connectivity index (χ4v) is 1.91. The van der Waals surface area contributed by atoms with Crippen LogP contribution in [0, 0.1) is 11.7 Å². The van der Waals surface area contributed by atoms with Gasteiger partial charge in [-0.05, 0) is 43.6 Å². The second-order valence-corrected chi connectivity index (χ2v) is 5.10. The van der Waals surface area contributed by atoms with Crippen molar-refractivity contribution in [1.82, 2.24) is 5.32 Å². The lowest BCUT2D eigenvalue weighted by Crippen LogP contribution is -2.20. The maximum Gasteiger partial charge on any atom is 0.170 e. The highest BCUT2D eigenvalue weighted by Crippen LogP contribution is 2.22. The molecule has 2 aromatic rings. The first-order valence-corrected chi connectivity index (χ1v) is 6.72. The van der Waals surface area contributed by atoms with Gasteiger partial charge >= 0.3 is 0 Å². The third kappa shape index (κ3) is 3.93. The number of rotatable bonds is 6. The van der Waals surface area contributed by atoms with E-state index in [2.05, 4.69) is 19.2 Å². The third-order valence-corrected chi connectivity index (χ3v) is 2.84. The van der Waals surface area contributed by atoms with Gasteiger partial charge in [0.2, 0.25) is 0 Å². The summed E-state index contributed by atoms with van der Waals surface area (Å²) in [6.07, 6.45) is 4.88. The van der Waals surface area contributed by atoms with E-state index in [1.54, 1.807) is 6.07 Å². The Morgan fingerprint density at radius 3 is 2.95 bits per heavy atom. The van der Waals surface area contributed by atoms with E-state index >= 15 is 0 Å². The second kappa shape index (κ2) is 6.53. The molecule has 1 heterocycles. The molecular weight excluding hydrogens is 241 g/mol. The molecular formula is C16H20FNO. The number of benzene rings is 1. The van der Waals surface area contributed by atoms with Gasteiger partial charge in [-0.3, -0.25) is 0 Å². The van der Waals surface area contributed by atoms with Crippen LogP contribution in [0.5, 0.6) is 0 Å². The molecule has 0 saturated heterocycles. The average Bonchev–Trinajstić information content (AvgIpc) is 2.78. The van der Waals surface area contributed by atoms with Crippen molar-refractivity contribution in [2.45, 2.75) is 20.3 Å². The summed E-state index contributed by atoms with van der Waals surface area (Å²) >= 11 is 0. The average molecular weight is 261 g/mol. The predicted octanol–water partition coefficient (Wildman–Crippen LogP) is 4.22. The fraction of sp³-hybridized carbons (Fsp3) is 0.375. The van der Waals surface area contributed by atoms with Crippen LogP contribution in [0.25, 0.3) is 17.0 Å². The van der Waals surface area contributed by atoms with E-state index in [1.807, 2.05) is 24.3 Å². The van der Waals surface area contributed by atoms with Crippen LogP contribution in [-0.4, -0.2) is 13.1 Å². The van der Waals surface area contributed by atoms with Crippen molar-refractivity contribution in [2.24, 2.45) is 5.92 Å². The van der Waals surface area contributed by atoms with Crippen LogP contribution in [0.15, 0.2) is 34.8 Å². The Morgan fingerprint density at radius 1 is 1.37 bits per heavy atom. The van der Waals surface area contributed by atoms with Crippen LogP contribution in [0.4, 0.5) is 4.39 Å². The van der Waals surface area contributed by atoms with Gasteiger partial charge in [0.05, 0.1) is 0 Å². The number of fused-ring (bicyclic) bond motifs is 1. The number of nitrogens with one attached hydrogen (secondary N) is 1. The zero-order valence-electron chi connectivity index (χ0n) is 11.4. The minimum Gasteiger partial charge on any atom is -0.454 e. The van der Waals surface area contributed by atoms with Crippen LogP contribution in [-0.2, 0) is 0 Å². The zero-order chi connectivity index (χ0) is 13.7. The van der Waals surface area contributed by atoms with Crippen LogP contribution in [0.1, 0.15) is 26.0 Å². The highest BCUT2D eigenvalue weighted by molar-refractivity contribution is 5.80. The lowest BCUT2D eigenvalue weighted by atomic mass is 10.2. The molecule has 3 heteroatoms. The van der Waals surface area contributed by atoms with Gasteiger partial charge in [0.15, 0.2) is 11.4 Å². The molecule has 0 bridgehead atoms. The van der Waals surface area contributed by atoms with E-state index in [1.165, 1.54) is 6.07 Å². The minimum atomic E-state index is -0.309. The molecule has 0 saturated carbocycles. The van der Waals surface area contributed by atoms with Crippen molar-refractivity contribution in [3.63, 3.8) is 0 Å². The normalized spacial score (nSPS) is 12.0. The Kier molecular flexibility index (Phi) is 4.74. The van der Waals surface area contributed by atoms with Crippen molar-refractivity contribution in [1.29, 1.82) is 0 Å². The highest BCUT2D eigenvalue weighted by Gasteiger charge is 2.05. The van der Waals surface area contributed by atoms with Crippen molar-refractivity contribution in [3.05, 3.63) is 41.9 Å². The maximum absolute atomic E-state index is 13.4. The number of halogens is 1. The molecule has 1 aromatic heterocycles. The summed E-state index contributed by atoms with van der Waals surface area (Å²) < 4.78 is 18.9.